The first-order chi connectivity index (χ1) is 10.7. The zero-order valence-electron chi connectivity index (χ0n) is 11.8. The molecule has 5 heteroatoms. The maximum absolute atomic E-state index is 9.13. The van der Waals surface area contributed by atoms with Gasteiger partial charge in [0.2, 0.25) is 5.89 Å². The third kappa shape index (κ3) is 3.47. The molecule has 0 saturated heterocycles. The minimum atomic E-state index is 0.0213. The Morgan fingerprint density at radius 2 is 2.00 bits per heavy atom. The van der Waals surface area contributed by atoms with Crippen molar-refractivity contribution >= 4 is 17.3 Å². The number of hydrogen-bond acceptors (Lipinski definition) is 4. The number of anilines is 1. The van der Waals surface area contributed by atoms with E-state index < -0.39 is 0 Å². The third-order valence-corrected chi connectivity index (χ3v) is 3.45. The summed E-state index contributed by atoms with van der Waals surface area (Å²) in [5.74, 6) is 1.27. The Morgan fingerprint density at radius 1 is 1.14 bits per heavy atom. The van der Waals surface area contributed by atoms with Gasteiger partial charge in [0.05, 0.1) is 19.3 Å². The van der Waals surface area contributed by atoms with Gasteiger partial charge >= 0.3 is 0 Å². The molecular formula is C17H15ClN2O2. The van der Waals surface area contributed by atoms with E-state index in [1.165, 1.54) is 0 Å². The van der Waals surface area contributed by atoms with Crippen molar-refractivity contribution in [2.75, 3.05) is 5.32 Å². The highest BCUT2D eigenvalue weighted by Gasteiger charge is 2.07. The van der Waals surface area contributed by atoms with Crippen LogP contribution >= 0.6 is 11.6 Å². The average molecular weight is 315 g/mol. The Morgan fingerprint density at radius 3 is 2.82 bits per heavy atom. The maximum atomic E-state index is 9.13. The number of halogens is 1. The Hall–Kier alpha value is -2.30. The standard InChI is InChI=1S/C17H15ClN2O2/c18-14-5-2-4-13(8-14)16-9-20-17(22-16)10-19-15-6-1-3-12(7-15)11-21/h1-9,19,21H,10-11H2. The van der Waals surface area contributed by atoms with Crippen molar-refractivity contribution in [2.24, 2.45) is 0 Å². The number of benzene rings is 2. The van der Waals surface area contributed by atoms with Gasteiger partial charge < -0.3 is 14.8 Å². The number of hydrogen-bond donors (Lipinski definition) is 2. The van der Waals surface area contributed by atoms with Crippen molar-refractivity contribution in [1.82, 2.24) is 4.98 Å². The SMILES string of the molecule is OCc1cccc(NCc2ncc(-c3cccc(Cl)c3)o2)c1. The number of aliphatic hydroxyl groups excluding tert-OH is 1. The zero-order chi connectivity index (χ0) is 15.4. The zero-order valence-corrected chi connectivity index (χ0v) is 12.5. The minimum absolute atomic E-state index is 0.0213. The van der Waals surface area contributed by atoms with Crippen LogP contribution in [0.3, 0.4) is 0 Å². The van der Waals surface area contributed by atoms with E-state index in [4.69, 9.17) is 21.1 Å². The molecule has 1 aromatic heterocycles. The van der Waals surface area contributed by atoms with Crippen LogP contribution in [-0.4, -0.2) is 10.1 Å². The predicted octanol–water partition coefficient (Wildman–Crippen LogP) is 4.10. The minimum Gasteiger partial charge on any atom is -0.439 e. The van der Waals surface area contributed by atoms with Crippen molar-refractivity contribution in [3.05, 3.63) is 71.2 Å². The van der Waals surface area contributed by atoms with Crippen molar-refractivity contribution in [2.45, 2.75) is 13.2 Å². The third-order valence-electron chi connectivity index (χ3n) is 3.22. The summed E-state index contributed by atoms with van der Waals surface area (Å²) >= 11 is 5.98. The Kier molecular flexibility index (Phi) is 4.42. The summed E-state index contributed by atoms with van der Waals surface area (Å²) < 4.78 is 5.72. The lowest BCUT2D eigenvalue weighted by molar-refractivity contribution is 0.282. The van der Waals surface area contributed by atoms with E-state index in [-0.39, 0.29) is 6.61 Å². The fourth-order valence-electron chi connectivity index (χ4n) is 2.12. The molecule has 22 heavy (non-hydrogen) atoms. The quantitative estimate of drug-likeness (QED) is 0.744. The summed E-state index contributed by atoms with van der Waals surface area (Å²) in [4.78, 5) is 4.26. The lowest BCUT2D eigenvalue weighted by Gasteiger charge is -2.05. The van der Waals surface area contributed by atoms with Crippen LogP contribution in [0.4, 0.5) is 5.69 Å². The molecule has 3 aromatic rings. The van der Waals surface area contributed by atoms with Crippen LogP contribution in [0.25, 0.3) is 11.3 Å². The summed E-state index contributed by atoms with van der Waals surface area (Å²) in [6.45, 7) is 0.489. The monoisotopic (exact) mass is 314 g/mol. The topological polar surface area (TPSA) is 58.3 Å². The van der Waals surface area contributed by atoms with E-state index in [0.717, 1.165) is 16.8 Å². The maximum Gasteiger partial charge on any atom is 0.214 e. The van der Waals surface area contributed by atoms with Crippen LogP contribution in [0.1, 0.15) is 11.5 Å². The van der Waals surface area contributed by atoms with Gasteiger partial charge in [0.15, 0.2) is 5.76 Å². The van der Waals surface area contributed by atoms with Crippen molar-refractivity contribution in [1.29, 1.82) is 0 Å². The van der Waals surface area contributed by atoms with Gasteiger partial charge in [0.1, 0.15) is 0 Å². The van der Waals surface area contributed by atoms with Gasteiger partial charge in [-0.15, -0.1) is 0 Å². The second kappa shape index (κ2) is 6.64. The first-order valence-corrected chi connectivity index (χ1v) is 7.27. The van der Waals surface area contributed by atoms with Crippen LogP contribution in [0.15, 0.2) is 59.1 Å². The molecule has 1 heterocycles. The molecule has 2 N–H and O–H groups in total. The number of nitrogens with zero attached hydrogens (tertiary/aromatic N) is 1. The average Bonchev–Trinajstić information content (AvgIpc) is 3.02. The van der Waals surface area contributed by atoms with Crippen molar-refractivity contribution in [3.63, 3.8) is 0 Å². The molecule has 0 radical (unpaired) electrons. The molecule has 0 bridgehead atoms. The molecule has 0 atom stereocenters. The Labute approximate surface area is 133 Å². The molecule has 0 fully saturated rings. The van der Waals surface area contributed by atoms with Crippen LogP contribution in [0.5, 0.6) is 0 Å². The van der Waals surface area contributed by atoms with Crippen LogP contribution in [-0.2, 0) is 13.2 Å². The molecule has 0 saturated carbocycles. The summed E-state index contributed by atoms with van der Waals surface area (Å²) in [5, 5.41) is 13.0. The molecule has 4 nitrogen and oxygen atoms in total. The summed E-state index contributed by atoms with van der Waals surface area (Å²) in [5.41, 5.74) is 2.67. The van der Waals surface area contributed by atoms with Crippen LogP contribution in [0.2, 0.25) is 5.02 Å². The highest BCUT2D eigenvalue weighted by Crippen LogP contribution is 2.23. The van der Waals surface area contributed by atoms with E-state index in [1.54, 1.807) is 6.20 Å². The molecule has 0 unspecified atom stereocenters. The van der Waals surface area contributed by atoms with E-state index >= 15 is 0 Å². The number of aliphatic hydroxyl groups is 1. The number of aromatic nitrogens is 1. The van der Waals surface area contributed by atoms with Gasteiger partial charge in [0, 0.05) is 16.3 Å². The Bertz CT molecular complexity index is 771. The highest BCUT2D eigenvalue weighted by molar-refractivity contribution is 6.30. The van der Waals surface area contributed by atoms with Gasteiger partial charge in [-0.3, -0.25) is 0 Å². The number of nitrogens with one attached hydrogen (secondary N) is 1. The van der Waals surface area contributed by atoms with Gasteiger partial charge in [0.25, 0.3) is 0 Å². The first kappa shape index (κ1) is 14.6. The van der Waals surface area contributed by atoms with Crippen molar-refractivity contribution in [3.8, 4) is 11.3 Å². The first-order valence-electron chi connectivity index (χ1n) is 6.89. The fraction of sp³-hybridized carbons (Fsp3) is 0.118. The smallest absolute Gasteiger partial charge is 0.214 e. The van der Waals surface area contributed by atoms with E-state index in [0.29, 0.717) is 23.2 Å². The Balaban J connectivity index is 1.69. The summed E-state index contributed by atoms with van der Waals surface area (Å²) in [7, 11) is 0. The summed E-state index contributed by atoms with van der Waals surface area (Å²) in [6, 6.07) is 15.0. The fourth-order valence-corrected chi connectivity index (χ4v) is 2.31. The lowest BCUT2D eigenvalue weighted by Crippen LogP contribution is -1.99. The largest absolute Gasteiger partial charge is 0.439 e. The van der Waals surface area contributed by atoms with Gasteiger partial charge in [-0.25, -0.2) is 4.98 Å². The van der Waals surface area contributed by atoms with Crippen LogP contribution < -0.4 is 5.32 Å². The molecule has 0 aliphatic heterocycles. The van der Waals surface area contributed by atoms with Gasteiger partial charge in [-0.2, -0.15) is 0 Å². The van der Waals surface area contributed by atoms with E-state index in [9.17, 15) is 0 Å². The molecule has 2 aromatic carbocycles. The van der Waals surface area contributed by atoms with E-state index in [2.05, 4.69) is 10.3 Å². The second-order valence-corrected chi connectivity index (χ2v) is 5.28. The normalized spacial score (nSPS) is 10.6. The molecule has 0 spiro atoms. The number of oxazole rings is 1. The number of rotatable bonds is 5. The highest BCUT2D eigenvalue weighted by atomic mass is 35.5. The molecule has 0 aliphatic rings. The molecular weight excluding hydrogens is 300 g/mol. The van der Waals surface area contributed by atoms with Gasteiger partial charge in [-0.1, -0.05) is 35.9 Å². The second-order valence-electron chi connectivity index (χ2n) is 4.84. The van der Waals surface area contributed by atoms with E-state index in [1.807, 2.05) is 48.5 Å². The van der Waals surface area contributed by atoms with Crippen molar-refractivity contribution < 1.29 is 9.52 Å². The molecule has 0 aliphatic carbocycles. The van der Waals surface area contributed by atoms with Gasteiger partial charge in [-0.05, 0) is 29.8 Å². The molecule has 3 rings (SSSR count). The van der Waals surface area contributed by atoms with Crippen LogP contribution in [0, 0.1) is 0 Å². The predicted molar refractivity (Wildman–Crippen MR) is 86.6 cm³/mol. The lowest BCUT2D eigenvalue weighted by atomic mass is 10.2. The molecule has 112 valence electrons. The summed E-state index contributed by atoms with van der Waals surface area (Å²) in [6.07, 6.45) is 1.69. The molecule has 0 amide bonds.